The van der Waals surface area contributed by atoms with Crippen LogP contribution in [0.5, 0.6) is 5.75 Å². The molecule has 0 spiro atoms. The van der Waals surface area contributed by atoms with E-state index < -0.39 is 0 Å². The molecule has 1 heterocycles. The molecule has 0 aliphatic heterocycles. The Morgan fingerprint density at radius 3 is 2.80 bits per heavy atom. The van der Waals surface area contributed by atoms with E-state index in [0.717, 1.165) is 5.56 Å². The molecule has 0 aliphatic carbocycles. The van der Waals surface area contributed by atoms with Crippen LogP contribution in [0.2, 0.25) is 0 Å². The predicted molar refractivity (Wildman–Crippen MR) is 56.2 cm³/mol. The normalized spacial score (nSPS) is 9.93. The number of anilines is 1. The topological polar surface area (TPSA) is 73.9 Å². The second kappa shape index (κ2) is 3.91. The van der Waals surface area contributed by atoms with Crippen LogP contribution >= 0.6 is 0 Å². The van der Waals surface area contributed by atoms with Gasteiger partial charge >= 0.3 is 0 Å². The Balaban J connectivity index is 2.46. The van der Waals surface area contributed by atoms with Crippen molar-refractivity contribution in [3.63, 3.8) is 0 Å². The highest BCUT2D eigenvalue weighted by Crippen LogP contribution is 2.26. The third kappa shape index (κ3) is 1.85. The van der Waals surface area contributed by atoms with Crippen LogP contribution in [0.3, 0.4) is 0 Å². The molecule has 2 rings (SSSR count). The van der Waals surface area contributed by atoms with Crippen LogP contribution in [0.15, 0.2) is 30.6 Å². The maximum atomic E-state index is 5.70. The van der Waals surface area contributed by atoms with E-state index in [-0.39, 0.29) is 0 Å². The lowest BCUT2D eigenvalue weighted by Crippen LogP contribution is -1.94. The number of nitrogen functional groups attached to an aromatic ring is 1. The number of ether oxygens (including phenoxy) is 1. The minimum absolute atomic E-state index is 0.552. The molecule has 0 saturated carbocycles. The summed E-state index contributed by atoms with van der Waals surface area (Å²) in [6.45, 7) is 0. The molecule has 76 valence electrons. The zero-order valence-electron chi connectivity index (χ0n) is 8.21. The molecule has 0 bridgehead atoms. The lowest BCUT2D eigenvalue weighted by Gasteiger charge is -2.05. The molecule has 1 aromatic heterocycles. The fourth-order valence-corrected chi connectivity index (χ4v) is 1.23. The largest absolute Gasteiger partial charge is 0.495 e. The SMILES string of the molecule is COc1cc(-c2nccnn2)ccc1N. The highest BCUT2D eigenvalue weighted by atomic mass is 16.5. The van der Waals surface area contributed by atoms with E-state index in [0.29, 0.717) is 17.3 Å². The third-order valence-corrected chi connectivity index (χ3v) is 1.97. The average Bonchev–Trinajstić information content (AvgIpc) is 2.31. The van der Waals surface area contributed by atoms with Crippen LogP contribution in [0.25, 0.3) is 11.4 Å². The Kier molecular flexibility index (Phi) is 2.45. The third-order valence-electron chi connectivity index (χ3n) is 1.97. The Morgan fingerprint density at radius 1 is 1.27 bits per heavy atom. The molecular formula is C10H10N4O. The highest BCUT2D eigenvalue weighted by molar-refractivity contribution is 5.64. The van der Waals surface area contributed by atoms with E-state index in [2.05, 4.69) is 15.2 Å². The maximum absolute atomic E-state index is 5.70. The van der Waals surface area contributed by atoms with Crippen molar-refractivity contribution in [1.29, 1.82) is 0 Å². The summed E-state index contributed by atoms with van der Waals surface area (Å²) in [6.07, 6.45) is 3.11. The summed E-state index contributed by atoms with van der Waals surface area (Å²) in [5.74, 6) is 1.16. The van der Waals surface area contributed by atoms with Gasteiger partial charge in [-0.15, -0.1) is 5.10 Å². The Labute approximate surface area is 86.9 Å². The van der Waals surface area contributed by atoms with Crippen molar-refractivity contribution in [3.8, 4) is 17.1 Å². The summed E-state index contributed by atoms with van der Waals surface area (Å²) in [7, 11) is 1.57. The van der Waals surface area contributed by atoms with Crippen molar-refractivity contribution in [2.45, 2.75) is 0 Å². The van der Waals surface area contributed by atoms with E-state index in [4.69, 9.17) is 10.5 Å². The number of nitrogens with zero attached hydrogens (tertiary/aromatic N) is 3. The minimum atomic E-state index is 0.552. The predicted octanol–water partition coefficient (Wildman–Crippen LogP) is 1.13. The van der Waals surface area contributed by atoms with Gasteiger partial charge in [0, 0.05) is 11.8 Å². The molecule has 2 N–H and O–H groups in total. The first kappa shape index (κ1) is 9.39. The van der Waals surface area contributed by atoms with Crippen LogP contribution in [0.4, 0.5) is 5.69 Å². The van der Waals surface area contributed by atoms with Crippen molar-refractivity contribution in [2.24, 2.45) is 0 Å². The minimum Gasteiger partial charge on any atom is -0.495 e. The van der Waals surface area contributed by atoms with Gasteiger partial charge in [-0.25, -0.2) is 4.98 Å². The zero-order chi connectivity index (χ0) is 10.7. The fourth-order valence-electron chi connectivity index (χ4n) is 1.23. The maximum Gasteiger partial charge on any atom is 0.181 e. The fraction of sp³-hybridized carbons (Fsp3) is 0.100. The molecule has 15 heavy (non-hydrogen) atoms. The number of hydrogen-bond donors (Lipinski definition) is 1. The van der Waals surface area contributed by atoms with Gasteiger partial charge in [0.25, 0.3) is 0 Å². The van der Waals surface area contributed by atoms with Crippen molar-refractivity contribution < 1.29 is 4.74 Å². The summed E-state index contributed by atoms with van der Waals surface area (Å²) < 4.78 is 5.11. The molecule has 0 unspecified atom stereocenters. The van der Waals surface area contributed by atoms with E-state index in [9.17, 15) is 0 Å². The average molecular weight is 202 g/mol. The van der Waals surface area contributed by atoms with Crippen LogP contribution < -0.4 is 10.5 Å². The van der Waals surface area contributed by atoms with Gasteiger partial charge in [-0.2, -0.15) is 5.10 Å². The molecule has 0 aliphatic rings. The van der Waals surface area contributed by atoms with Gasteiger partial charge in [0.05, 0.1) is 19.0 Å². The van der Waals surface area contributed by atoms with Gasteiger partial charge in [-0.05, 0) is 18.2 Å². The van der Waals surface area contributed by atoms with Crippen molar-refractivity contribution in [2.75, 3.05) is 12.8 Å². The summed E-state index contributed by atoms with van der Waals surface area (Å²) in [5.41, 5.74) is 7.11. The van der Waals surface area contributed by atoms with Crippen molar-refractivity contribution >= 4 is 5.69 Å². The quantitative estimate of drug-likeness (QED) is 0.739. The highest BCUT2D eigenvalue weighted by Gasteiger charge is 2.04. The number of methoxy groups -OCH3 is 1. The molecule has 0 saturated heterocycles. The molecule has 0 atom stereocenters. The first-order chi connectivity index (χ1) is 7.31. The molecule has 5 nitrogen and oxygen atoms in total. The lowest BCUT2D eigenvalue weighted by molar-refractivity contribution is 0.417. The molecule has 5 heteroatoms. The first-order valence-corrected chi connectivity index (χ1v) is 4.39. The van der Waals surface area contributed by atoms with Gasteiger partial charge < -0.3 is 10.5 Å². The van der Waals surface area contributed by atoms with Crippen LogP contribution in [-0.2, 0) is 0 Å². The molecule has 0 fully saturated rings. The summed E-state index contributed by atoms with van der Waals surface area (Å²) in [5, 5.41) is 7.65. The Hall–Kier alpha value is -2.17. The molecule has 1 aromatic carbocycles. The lowest BCUT2D eigenvalue weighted by atomic mass is 10.2. The van der Waals surface area contributed by atoms with Crippen LogP contribution in [-0.4, -0.2) is 22.3 Å². The van der Waals surface area contributed by atoms with Crippen LogP contribution in [0.1, 0.15) is 0 Å². The number of nitrogens with two attached hydrogens (primary N) is 1. The molecule has 0 radical (unpaired) electrons. The summed E-state index contributed by atoms with van der Waals surface area (Å²) in [6, 6.07) is 5.37. The number of benzene rings is 1. The standard InChI is InChI=1S/C10H10N4O/c1-15-9-6-7(2-3-8(9)11)10-12-4-5-13-14-10/h2-6H,11H2,1H3. The van der Waals surface area contributed by atoms with Crippen LogP contribution in [0, 0.1) is 0 Å². The van der Waals surface area contributed by atoms with E-state index >= 15 is 0 Å². The first-order valence-electron chi connectivity index (χ1n) is 4.39. The van der Waals surface area contributed by atoms with Gasteiger partial charge in [-0.1, -0.05) is 0 Å². The Bertz CT molecular complexity index is 458. The van der Waals surface area contributed by atoms with E-state index in [1.165, 1.54) is 6.20 Å². The summed E-state index contributed by atoms with van der Waals surface area (Å²) >= 11 is 0. The Morgan fingerprint density at radius 2 is 2.13 bits per heavy atom. The van der Waals surface area contributed by atoms with Gasteiger partial charge in [0.2, 0.25) is 0 Å². The number of aromatic nitrogens is 3. The van der Waals surface area contributed by atoms with E-state index in [1.54, 1.807) is 25.4 Å². The monoisotopic (exact) mass is 202 g/mol. The van der Waals surface area contributed by atoms with Gasteiger partial charge in [0.1, 0.15) is 5.75 Å². The van der Waals surface area contributed by atoms with Crippen molar-refractivity contribution in [3.05, 3.63) is 30.6 Å². The second-order valence-corrected chi connectivity index (χ2v) is 2.92. The molecule has 2 aromatic rings. The molecular weight excluding hydrogens is 192 g/mol. The zero-order valence-corrected chi connectivity index (χ0v) is 8.21. The van der Waals surface area contributed by atoms with Crippen molar-refractivity contribution in [1.82, 2.24) is 15.2 Å². The molecule has 0 amide bonds. The second-order valence-electron chi connectivity index (χ2n) is 2.92. The van der Waals surface area contributed by atoms with Gasteiger partial charge in [0.15, 0.2) is 5.82 Å². The van der Waals surface area contributed by atoms with E-state index in [1.807, 2.05) is 6.07 Å². The summed E-state index contributed by atoms with van der Waals surface area (Å²) in [4.78, 5) is 4.08. The number of rotatable bonds is 2. The smallest absolute Gasteiger partial charge is 0.181 e. The number of hydrogen-bond acceptors (Lipinski definition) is 5. The van der Waals surface area contributed by atoms with Gasteiger partial charge in [-0.3, -0.25) is 0 Å².